The lowest BCUT2D eigenvalue weighted by Gasteiger charge is -2.07. The van der Waals surface area contributed by atoms with Crippen LogP contribution < -0.4 is 5.48 Å². The lowest BCUT2D eigenvalue weighted by molar-refractivity contribution is 0.0363. The van der Waals surface area contributed by atoms with Crippen molar-refractivity contribution in [1.29, 1.82) is 0 Å². The monoisotopic (exact) mass is 234 g/mol. The van der Waals surface area contributed by atoms with Crippen molar-refractivity contribution in [2.24, 2.45) is 0 Å². The van der Waals surface area contributed by atoms with Gasteiger partial charge in [0, 0.05) is 12.3 Å². The van der Waals surface area contributed by atoms with Gasteiger partial charge in [0.1, 0.15) is 0 Å². The average Bonchev–Trinajstić information content (AvgIpc) is 2.68. The highest BCUT2D eigenvalue weighted by Crippen LogP contribution is 2.10. The summed E-state index contributed by atoms with van der Waals surface area (Å²) in [5.41, 5.74) is 5.12. The second kappa shape index (κ2) is 4.50. The van der Waals surface area contributed by atoms with Crippen LogP contribution in [-0.4, -0.2) is 27.1 Å². The summed E-state index contributed by atoms with van der Waals surface area (Å²) in [6.07, 6.45) is 1.53. The number of hydrogen-bond donors (Lipinski definition) is 1. The van der Waals surface area contributed by atoms with E-state index in [0.717, 1.165) is 17.0 Å². The number of carbonyl (C=O) groups is 1. The molecular weight excluding hydrogens is 220 g/mol. The third kappa shape index (κ3) is 2.12. The smallest absolute Gasteiger partial charge is 0.274 e. The second-order valence-electron chi connectivity index (χ2n) is 3.68. The maximum absolute atomic E-state index is 11.8. The van der Waals surface area contributed by atoms with Crippen molar-refractivity contribution < 1.29 is 9.63 Å². The minimum atomic E-state index is -0.313. The highest BCUT2D eigenvalue weighted by molar-refractivity contribution is 5.94. The second-order valence-corrected chi connectivity index (χ2v) is 3.68. The Balaban J connectivity index is 2.41. The number of amides is 1. The molecule has 0 fully saturated rings. The van der Waals surface area contributed by atoms with E-state index in [-0.39, 0.29) is 5.91 Å². The number of nitrogens with one attached hydrogen (secondary N) is 1. The van der Waals surface area contributed by atoms with Crippen LogP contribution in [-0.2, 0) is 4.84 Å². The lowest BCUT2D eigenvalue weighted by atomic mass is 10.2. The molecule has 2 aromatic rings. The van der Waals surface area contributed by atoms with E-state index in [2.05, 4.69) is 15.6 Å². The Bertz CT molecular complexity index is 562. The molecule has 6 nitrogen and oxygen atoms in total. The van der Waals surface area contributed by atoms with E-state index in [1.54, 1.807) is 11.4 Å². The summed E-state index contributed by atoms with van der Waals surface area (Å²) in [5, 5.41) is 4.27. The van der Waals surface area contributed by atoms with Crippen molar-refractivity contribution in [2.45, 2.75) is 20.8 Å². The Morgan fingerprint density at radius 3 is 3.00 bits per heavy atom. The van der Waals surface area contributed by atoms with E-state index in [1.807, 2.05) is 19.9 Å². The number of hydrogen-bond acceptors (Lipinski definition) is 4. The van der Waals surface area contributed by atoms with Crippen LogP contribution in [0.3, 0.4) is 0 Å². The zero-order valence-corrected chi connectivity index (χ0v) is 10.0. The van der Waals surface area contributed by atoms with Gasteiger partial charge < -0.3 is 0 Å². The summed E-state index contributed by atoms with van der Waals surface area (Å²) in [4.78, 5) is 20.8. The van der Waals surface area contributed by atoms with Crippen LogP contribution in [0.25, 0.3) is 5.65 Å². The molecule has 17 heavy (non-hydrogen) atoms. The number of nitrogens with zero attached hydrogens (tertiary/aromatic N) is 3. The molecule has 2 heterocycles. The first-order valence-electron chi connectivity index (χ1n) is 5.37. The molecule has 0 aliphatic heterocycles. The first kappa shape index (κ1) is 11.5. The summed E-state index contributed by atoms with van der Waals surface area (Å²) >= 11 is 0. The molecule has 0 unspecified atom stereocenters. The van der Waals surface area contributed by atoms with Crippen molar-refractivity contribution in [3.8, 4) is 0 Å². The summed E-state index contributed by atoms with van der Waals surface area (Å²) in [6.45, 7) is 5.92. The van der Waals surface area contributed by atoms with E-state index in [0.29, 0.717) is 12.2 Å². The maximum Gasteiger partial charge on any atom is 0.278 e. The van der Waals surface area contributed by atoms with Crippen LogP contribution in [0.5, 0.6) is 0 Å². The van der Waals surface area contributed by atoms with Crippen LogP contribution in [0.1, 0.15) is 28.7 Å². The fourth-order valence-electron chi connectivity index (χ4n) is 1.58. The minimum Gasteiger partial charge on any atom is -0.274 e. The van der Waals surface area contributed by atoms with Gasteiger partial charge in [-0.2, -0.15) is 5.10 Å². The predicted molar refractivity (Wildman–Crippen MR) is 61.6 cm³/mol. The molecule has 0 bridgehead atoms. The molecule has 2 rings (SSSR count). The summed E-state index contributed by atoms with van der Waals surface area (Å²) in [7, 11) is 0. The highest BCUT2D eigenvalue weighted by atomic mass is 16.6. The lowest BCUT2D eigenvalue weighted by Crippen LogP contribution is -2.25. The fourth-order valence-corrected chi connectivity index (χ4v) is 1.58. The minimum absolute atomic E-state index is 0.313. The molecule has 0 radical (unpaired) electrons. The molecular formula is C11H14N4O2. The van der Waals surface area contributed by atoms with Gasteiger partial charge in [-0.25, -0.2) is 15.0 Å². The first-order chi connectivity index (χ1) is 8.13. The fraction of sp³-hybridized carbons (Fsp3) is 0.364. The molecule has 0 spiro atoms. The van der Waals surface area contributed by atoms with Gasteiger partial charge in [0.2, 0.25) is 0 Å². The number of aromatic nitrogens is 3. The van der Waals surface area contributed by atoms with Crippen LogP contribution in [0.4, 0.5) is 0 Å². The molecule has 2 aromatic heterocycles. The summed E-state index contributed by atoms with van der Waals surface area (Å²) in [6, 6.07) is 1.86. The maximum atomic E-state index is 11.8. The van der Waals surface area contributed by atoms with Crippen molar-refractivity contribution in [1.82, 2.24) is 20.1 Å². The zero-order valence-electron chi connectivity index (χ0n) is 10.0. The topological polar surface area (TPSA) is 68.5 Å². The van der Waals surface area contributed by atoms with Crippen molar-refractivity contribution >= 4 is 11.6 Å². The van der Waals surface area contributed by atoms with Crippen LogP contribution in [0.2, 0.25) is 0 Å². The molecule has 6 heteroatoms. The van der Waals surface area contributed by atoms with Gasteiger partial charge in [-0.1, -0.05) is 0 Å². The van der Waals surface area contributed by atoms with E-state index in [1.165, 1.54) is 6.20 Å². The molecule has 90 valence electrons. The Morgan fingerprint density at radius 1 is 1.53 bits per heavy atom. The number of hydroxylamine groups is 1. The number of carbonyl (C=O) groups excluding carboxylic acids is 1. The standard InChI is InChI=1S/C11H14N4O2/c1-4-17-14-11(16)9-6-12-10-5-7(2)13-15(10)8(9)3/h5-6H,4H2,1-3H3,(H,14,16). The van der Waals surface area contributed by atoms with Crippen molar-refractivity contribution in [2.75, 3.05) is 6.61 Å². The Kier molecular flexibility index (Phi) is 3.06. The normalized spacial score (nSPS) is 10.8. The third-order valence-corrected chi connectivity index (χ3v) is 2.40. The van der Waals surface area contributed by atoms with Crippen LogP contribution >= 0.6 is 0 Å². The number of fused-ring (bicyclic) bond motifs is 1. The summed E-state index contributed by atoms with van der Waals surface area (Å²) < 4.78 is 1.65. The molecule has 0 saturated heterocycles. The molecule has 0 aliphatic rings. The van der Waals surface area contributed by atoms with E-state index >= 15 is 0 Å². The van der Waals surface area contributed by atoms with Crippen LogP contribution in [0.15, 0.2) is 12.3 Å². The Hall–Kier alpha value is -1.95. The van der Waals surface area contributed by atoms with E-state index in [9.17, 15) is 4.79 Å². The zero-order chi connectivity index (χ0) is 12.4. The van der Waals surface area contributed by atoms with Gasteiger partial charge in [-0.15, -0.1) is 0 Å². The van der Waals surface area contributed by atoms with Gasteiger partial charge in [-0.05, 0) is 20.8 Å². The Labute approximate surface area is 98.6 Å². The predicted octanol–water partition coefficient (Wildman–Crippen LogP) is 1.03. The number of rotatable bonds is 3. The van der Waals surface area contributed by atoms with E-state index in [4.69, 9.17) is 4.84 Å². The van der Waals surface area contributed by atoms with Gasteiger partial charge in [-0.3, -0.25) is 9.63 Å². The molecule has 0 aromatic carbocycles. The van der Waals surface area contributed by atoms with Crippen LogP contribution in [0, 0.1) is 13.8 Å². The van der Waals surface area contributed by atoms with Gasteiger partial charge in [0.05, 0.1) is 23.6 Å². The molecule has 1 N–H and O–H groups in total. The quantitative estimate of drug-likeness (QED) is 0.805. The molecule has 1 amide bonds. The van der Waals surface area contributed by atoms with Gasteiger partial charge in [0.15, 0.2) is 5.65 Å². The third-order valence-electron chi connectivity index (χ3n) is 2.40. The summed E-state index contributed by atoms with van der Waals surface area (Å²) in [5.74, 6) is -0.313. The first-order valence-corrected chi connectivity index (χ1v) is 5.37. The van der Waals surface area contributed by atoms with E-state index < -0.39 is 0 Å². The van der Waals surface area contributed by atoms with Gasteiger partial charge >= 0.3 is 0 Å². The molecule has 0 saturated carbocycles. The van der Waals surface area contributed by atoms with Crippen molar-refractivity contribution in [3.63, 3.8) is 0 Å². The largest absolute Gasteiger partial charge is 0.278 e. The molecule has 0 aliphatic carbocycles. The highest BCUT2D eigenvalue weighted by Gasteiger charge is 2.13. The average molecular weight is 234 g/mol. The van der Waals surface area contributed by atoms with Crippen molar-refractivity contribution in [3.05, 3.63) is 29.2 Å². The Morgan fingerprint density at radius 2 is 2.29 bits per heavy atom. The SMILES string of the molecule is CCONC(=O)c1cnc2cc(C)nn2c1C. The number of aryl methyl sites for hydroxylation is 2. The van der Waals surface area contributed by atoms with Gasteiger partial charge in [0.25, 0.3) is 5.91 Å². The molecule has 0 atom stereocenters.